The predicted molar refractivity (Wildman–Crippen MR) is 65.5 cm³/mol. The van der Waals surface area contributed by atoms with Crippen molar-refractivity contribution in [2.75, 3.05) is 18.4 Å². The van der Waals surface area contributed by atoms with Crippen molar-refractivity contribution < 1.29 is 4.39 Å². The average Bonchev–Trinajstić information content (AvgIpc) is 2.32. The molecule has 0 radical (unpaired) electrons. The molecule has 1 heterocycles. The fourth-order valence-electron chi connectivity index (χ4n) is 1.96. The van der Waals surface area contributed by atoms with E-state index in [1.54, 1.807) is 12.1 Å². The number of benzene rings is 1. The standard InChI is InChI=1S/C12H16ClFN2/c13-9-4-5-11(14)12(7-9)16-8-10-3-1-2-6-15-10/h4-5,7,10,15-16H,1-3,6,8H2. The Labute approximate surface area is 100 Å². The van der Waals surface area contributed by atoms with Gasteiger partial charge in [0.2, 0.25) is 0 Å². The van der Waals surface area contributed by atoms with Crippen LogP contribution >= 0.6 is 11.6 Å². The molecule has 1 fully saturated rings. The molecule has 4 heteroatoms. The second-order valence-corrected chi connectivity index (χ2v) is 4.59. The van der Waals surface area contributed by atoms with Crippen LogP contribution in [0.2, 0.25) is 5.02 Å². The minimum Gasteiger partial charge on any atom is -0.381 e. The van der Waals surface area contributed by atoms with Gasteiger partial charge in [-0.25, -0.2) is 4.39 Å². The Bertz CT molecular complexity index is 351. The van der Waals surface area contributed by atoms with E-state index in [9.17, 15) is 4.39 Å². The van der Waals surface area contributed by atoms with Gasteiger partial charge in [0.1, 0.15) is 5.82 Å². The van der Waals surface area contributed by atoms with E-state index in [1.807, 2.05) is 0 Å². The van der Waals surface area contributed by atoms with E-state index in [4.69, 9.17) is 11.6 Å². The molecule has 88 valence electrons. The molecule has 2 rings (SSSR count). The molecule has 2 nitrogen and oxygen atoms in total. The third-order valence-electron chi connectivity index (χ3n) is 2.88. The topological polar surface area (TPSA) is 24.1 Å². The van der Waals surface area contributed by atoms with Crippen LogP contribution in [0.4, 0.5) is 10.1 Å². The molecule has 1 saturated heterocycles. The number of anilines is 1. The zero-order chi connectivity index (χ0) is 11.4. The second-order valence-electron chi connectivity index (χ2n) is 4.15. The van der Waals surface area contributed by atoms with Gasteiger partial charge in [-0.1, -0.05) is 18.0 Å². The summed E-state index contributed by atoms with van der Waals surface area (Å²) in [6.45, 7) is 1.81. The summed E-state index contributed by atoms with van der Waals surface area (Å²) in [5.74, 6) is -0.250. The van der Waals surface area contributed by atoms with Crippen molar-refractivity contribution in [2.45, 2.75) is 25.3 Å². The number of rotatable bonds is 3. The maximum absolute atomic E-state index is 13.4. The van der Waals surface area contributed by atoms with Crippen LogP contribution in [0.5, 0.6) is 0 Å². The number of piperidine rings is 1. The molecule has 1 atom stereocenters. The van der Waals surface area contributed by atoms with Gasteiger partial charge in [0, 0.05) is 17.6 Å². The average molecular weight is 243 g/mol. The van der Waals surface area contributed by atoms with Gasteiger partial charge in [-0.2, -0.15) is 0 Å². The Kier molecular flexibility index (Phi) is 4.02. The van der Waals surface area contributed by atoms with Crippen molar-refractivity contribution in [1.29, 1.82) is 0 Å². The Morgan fingerprint density at radius 2 is 2.31 bits per heavy atom. The highest BCUT2D eigenvalue weighted by molar-refractivity contribution is 6.30. The van der Waals surface area contributed by atoms with E-state index in [2.05, 4.69) is 10.6 Å². The first-order valence-electron chi connectivity index (χ1n) is 5.68. The van der Waals surface area contributed by atoms with Crippen LogP contribution in [0, 0.1) is 5.82 Å². The monoisotopic (exact) mass is 242 g/mol. The molecule has 2 N–H and O–H groups in total. The Balaban J connectivity index is 1.90. The van der Waals surface area contributed by atoms with Crippen LogP contribution in [-0.2, 0) is 0 Å². The molecule has 0 saturated carbocycles. The Hall–Kier alpha value is -0.800. The normalized spacial score (nSPS) is 20.8. The van der Waals surface area contributed by atoms with Crippen molar-refractivity contribution >= 4 is 17.3 Å². The molecule has 1 aliphatic heterocycles. The van der Waals surface area contributed by atoms with Gasteiger partial charge in [0.25, 0.3) is 0 Å². The number of hydrogen-bond acceptors (Lipinski definition) is 2. The van der Waals surface area contributed by atoms with E-state index >= 15 is 0 Å². The first-order chi connectivity index (χ1) is 7.75. The Morgan fingerprint density at radius 3 is 3.06 bits per heavy atom. The molecule has 16 heavy (non-hydrogen) atoms. The SMILES string of the molecule is Fc1ccc(Cl)cc1NCC1CCCCN1. The maximum atomic E-state index is 13.4. The lowest BCUT2D eigenvalue weighted by Crippen LogP contribution is -2.39. The molecular formula is C12H16ClFN2. The van der Waals surface area contributed by atoms with E-state index in [0.29, 0.717) is 16.8 Å². The molecule has 0 aromatic heterocycles. The minimum atomic E-state index is -0.250. The highest BCUT2D eigenvalue weighted by atomic mass is 35.5. The summed E-state index contributed by atoms with van der Waals surface area (Å²) in [5.41, 5.74) is 0.486. The summed E-state index contributed by atoms with van der Waals surface area (Å²) in [6, 6.07) is 5.01. The molecule has 1 aliphatic rings. The third-order valence-corrected chi connectivity index (χ3v) is 3.11. The zero-order valence-electron chi connectivity index (χ0n) is 9.10. The third kappa shape index (κ3) is 3.09. The van der Waals surface area contributed by atoms with E-state index < -0.39 is 0 Å². The summed E-state index contributed by atoms with van der Waals surface area (Å²) in [7, 11) is 0. The van der Waals surface area contributed by atoms with Gasteiger partial charge in [-0.3, -0.25) is 0 Å². The van der Waals surface area contributed by atoms with Gasteiger partial charge in [0.15, 0.2) is 0 Å². The predicted octanol–water partition coefficient (Wildman–Crippen LogP) is 3.03. The summed E-state index contributed by atoms with van der Waals surface area (Å²) in [4.78, 5) is 0. The van der Waals surface area contributed by atoms with Gasteiger partial charge in [0.05, 0.1) is 5.69 Å². The largest absolute Gasteiger partial charge is 0.381 e. The Morgan fingerprint density at radius 1 is 1.44 bits per heavy atom. The van der Waals surface area contributed by atoms with Crippen molar-refractivity contribution in [3.05, 3.63) is 29.0 Å². The van der Waals surface area contributed by atoms with Crippen LogP contribution < -0.4 is 10.6 Å². The lowest BCUT2D eigenvalue weighted by molar-refractivity contribution is 0.414. The lowest BCUT2D eigenvalue weighted by Gasteiger charge is -2.24. The fraction of sp³-hybridized carbons (Fsp3) is 0.500. The van der Waals surface area contributed by atoms with Crippen molar-refractivity contribution in [2.24, 2.45) is 0 Å². The maximum Gasteiger partial charge on any atom is 0.146 e. The summed E-state index contributed by atoms with van der Waals surface area (Å²) < 4.78 is 13.4. The van der Waals surface area contributed by atoms with Gasteiger partial charge >= 0.3 is 0 Å². The number of halogens is 2. The quantitative estimate of drug-likeness (QED) is 0.852. The van der Waals surface area contributed by atoms with Gasteiger partial charge < -0.3 is 10.6 Å². The molecule has 0 bridgehead atoms. The summed E-state index contributed by atoms with van der Waals surface area (Å²) >= 11 is 5.82. The van der Waals surface area contributed by atoms with E-state index in [-0.39, 0.29) is 5.82 Å². The second kappa shape index (κ2) is 5.51. The van der Waals surface area contributed by atoms with E-state index in [1.165, 1.54) is 18.9 Å². The van der Waals surface area contributed by atoms with Crippen LogP contribution in [0.3, 0.4) is 0 Å². The molecule has 1 unspecified atom stereocenters. The van der Waals surface area contributed by atoms with Crippen molar-refractivity contribution in [3.8, 4) is 0 Å². The van der Waals surface area contributed by atoms with Crippen molar-refractivity contribution in [1.82, 2.24) is 5.32 Å². The smallest absolute Gasteiger partial charge is 0.146 e. The number of nitrogens with one attached hydrogen (secondary N) is 2. The molecule has 1 aromatic carbocycles. The van der Waals surface area contributed by atoms with Gasteiger partial charge in [-0.15, -0.1) is 0 Å². The van der Waals surface area contributed by atoms with Crippen molar-refractivity contribution in [3.63, 3.8) is 0 Å². The molecule has 0 aliphatic carbocycles. The van der Waals surface area contributed by atoms with Crippen LogP contribution in [0.25, 0.3) is 0 Å². The van der Waals surface area contributed by atoms with Crippen LogP contribution in [0.15, 0.2) is 18.2 Å². The first kappa shape index (κ1) is 11.7. The van der Waals surface area contributed by atoms with Gasteiger partial charge in [-0.05, 0) is 37.6 Å². The summed E-state index contributed by atoms with van der Waals surface area (Å²) in [6.07, 6.45) is 3.63. The minimum absolute atomic E-state index is 0.250. The highest BCUT2D eigenvalue weighted by Gasteiger charge is 2.12. The van der Waals surface area contributed by atoms with E-state index in [0.717, 1.165) is 19.5 Å². The molecular weight excluding hydrogens is 227 g/mol. The zero-order valence-corrected chi connectivity index (χ0v) is 9.86. The highest BCUT2D eigenvalue weighted by Crippen LogP contribution is 2.19. The van der Waals surface area contributed by atoms with Crippen LogP contribution in [-0.4, -0.2) is 19.1 Å². The summed E-state index contributed by atoms with van der Waals surface area (Å²) in [5, 5.41) is 7.06. The molecule has 0 spiro atoms. The number of hydrogen-bond donors (Lipinski definition) is 2. The first-order valence-corrected chi connectivity index (χ1v) is 6.06. The molecule has 0 amide bonds. The lowest BCUT2D eigenvalue weighted by atomic mass is 10.1. The van der Waals surface area contributed by atoms with Crippen LogP contribution in [0.1, 0.15) is 19.3 Å². The fourth-order valence-corrected chi connectivity index (χ4v) is 2.14. The molecule has 1 aromatic rings.